The first-order chi connectivity index (χ1) is 7.65. The summed E-state index contributed by atoms with van der Waals surface area (Å²) in [6, 6.07) is 3.64. The number of aryl methyl sites for hydroxylation is 1. The summed E-state index contributed by atoms with van der Waals surface area (Å²) in [5.41, 5.74) is 7.85. The van der Waals surface area contributed by atoms with Crippen LogP contribution in [0, 0.1) is 6.92 Å². The number of rotatable bonds is 3. The van der Waals surface area contributed by atoms with E-state index in [1.807, 2.05) is 19.2 Å². The van der Waals surface area contributed by atoms with Crippen LogP contribution in [0.1, 0.15) is 22.3 Å². The lowest BCUT2D eigenvalue weighted by Crippen LogP contribution is -2.08. The molecule has 0 radical (unpaired) electrons. The highest BCUT2D eigenvalue weighted by Gasteiger charge is 2.14. The van der Waals surface area contributed by atoms with E-state index in [0.29, 0.717) is 23.6 Å². The number of fused-ring (bicyclic) bond motifs is 1. The van der Waals surface area contributed by atoms with Gasteiger partial charge in [0, 0.05) is 28.6 Å². The first kappa shape index (κ1) is 11.2. The third kappa shape index (κ3) is 1.72. The summed E-state index contributed by atoms with van der Waals surface area (Å²) in [5.74, 6) is 0.0249. The summed E-state index contributed by atoms with van der Waals surface area (Å²) < 4.78 is 0. The van der Waals surface area contributed by atoms with Crippen molar-refractivity contribution >= 4 is 28.3 Å². The Labute approximate surface area is 98.6 Å². The fourth-order valence-corrected chi connectivity index (χ4v) is 2.04. The van der Waals surface area contributed by atoms with Crippen molar-refractivity contribution in [2.75, 3.05) is 6.54 Å². The summed E-state index contributed by atoms with van der Waals surface area (Å²) in [6.07, 6.45) is 2.15. The van der Waals surface area contributed by atoms with Crippen LogP contribution in [0.5, 0.6) is 0 Å². The molecule has 84 valence electrons. The zero-order valence-corrected chi connectivity index (χ0v) is 9.77. The SMILES string of the molecule is Cc1c(Cl)cc(C(=O)CCN)c2[nH]ccc12. The van der Waals surface area contributed by atoms with Gasteiger partial charge in [0.1, 0.15) is 0 Å². The van der Waals surface area contributed by atoms with Gasteiger partial charge in [0.2, 0.25) is 0 Å². The Balaban J connectivity index is 2.65. The second kappa shape index (κ2) is 4.28. The smallest absolute Gasteiger partial charge is 0.166 e. The standard InChI is InChI=1S/C12H13ClN2O/c1-7-8-3-5-15-12(8)9(6-10(7)13)11(16)2-4-14/h3,5-6,15H,2,4,14H2,1H3. The molecule has 0 amide bonds. The molecule has 2 aromatic rings. The molecule has 0 saturated heterocycles. The lowest BCUT2D eigenvalue weighted by Gasteiger charge is -2.06. The zero-order valence-electron chi connectivity index (χ0n) is 9.01. The molecule has 3 nitrogen and oxygen atoms in total. The number of Topliss-reactive ketones (excluding diaryl/α,β-unsaturated/α-hetero) is 1. The van der Waals surface area contributed by atoms with Crippen molar-refractivity contribution in [3.05, 3.63) is 34.5 Å². The van der Waals surface area contributed by atoms with Crippen molar-refractivity contribution in [3.63, 3.8) is 0 Å². The molecule has 1 aromatic carbocycles. The average Bonchev–Trinajstić information content (AvgIpc) is 2.72. The molecule has 1 aromatic heterocycles. The number of ketones is 1. The second-order valence-electron chi connectivity index (χ2n) is 3.76. The van der Waals surface area contributed by atoms with Gasteiger partial charge in [0.25, 0.3) is 0 Å². The van der Waals surface area contributed by atoms with Crippen molar-refractivity contribution in [3.8, 4) is 0 Å². The number of aromatic nitrogens is 1. The number of aromatic amines is 1. The predicted molar refractivity (Wildman–Crippen MR) is 66.0 cm³/mol. The number of halogens is 1. The number of benzene rings is 1. The fraction of sp³-hybridized carbons (Fsp3) is 0.250. The van der Waals surface area contributed by atoms with Gasteiger partial charge in [-0.2, -0.15) is 0 Å². The van der Waals surface area contributed by atoms with Gasteiger partial charge in [0.15, 0.2) is 5.78 Å². The minimum Gasteiger partial charge on any atom is -0.361 e. The van der Waals surface area contributed by atoms with E-state index in [4.69, 9.17) is 17.3 Å². The molecule has 3 N–H and O–H groups in total. The van der Waals surface area contributed by atoms with Gasteiger partial charge >= 0.3 is 0 Å². The number of nitrogens with two attached hydrogens (primary N) is 1. The number of H-pyrrole nitrogens is 1. The van der Waals surface area contributed by atoms with Crippen molar-refractivity contribution in [2.45, 2.75) is 13.3 Å². The lowest BCUT2D eigenvalue weighted by atomic mass is 10.0. The number of hydrogen-bond acceptors (Lipinski definition) is 2. The van der Waals surface area contributed by atoms with E-state index in [2.05, 4.69) is 4.98 Å². The Bertz CT molecular complexity index is 545. The molecule has 0 saturated carbocycles. The van der Waals surface area contributed by atoms with Crippen LogP contribution in [0.15, 0.2) is 18.3 Å². The molecule has 0 bridgehead atoms. The van der Waals surface area contributed by atoms with Gasteiger partial charge in [-0.1, -0.05) is 11.6 Å². The van der Waals surface area contributed by atoms with Crippen LogP contribution in [0.4, 0.5) is 0 Å². The summed E-state index contributed by atoms with van der Waals surface area (Å²) in [4.78, 5) is 14.9. The molecule has 16 heavy (non-hydrogen) atoms. The second-order valence-corrected chi connectivity index (χ2v) is 4.17. The maximum absolute atomic E-state index is 11.9. The number of carbonyl (C=O) groups is 1. The van der Waals surface area contributed by atoms with E-state index in [1.54, 1.807) is 6.07 Å². The molecule has 0 fully saturated rings. The molecule has 1 heterocycles. The highest BCUT2D eigenvalue weighted by atomic mass is 35.5. The molecular weight excluding hydrogens is 224 g/mol. The van der Waals surface area contributed by atoms with E-state index < -0.39 is 0 Å². The van der Waals surface area contributed by atoms with Crippen LogP contribution in [-0.2, 0) is 0 Å². The summed E-state index contributed by atoms with van der Waals surface area (Å²) >= 11 is 6.10. The Morgan fingerprint density at radius 1 is 1.56 bits per heavy atom. The molecule has 4 heteroatoms. The number of carbonyl (C=O) groups excluding carboxylic acids is 1. The quantitative estimate of drug-likeness (QED) is 0.805. The van der Waals surface area contributed by atoms with E-state index >= 15 is 0 Å². The van der Waals surface area contributed by atoms with Crippen LogP contribution in [-0.4, -0.2) is 17.3 Å². The molecule has 0 unspecified atom stereocenters. The molecule has 0 atom stereocenters. The summed E-state index contributed by atoms with van der Waals surface area (Å²) in [6.45, 7) is 2.29. The Morgan fingerprint density at radius 2 is 2.31 bits per heavy atom. The molecular formula is C12H13ClN2O. The first-order valence-electron chi connectivity index (χ1n) is 5.14. The van der Waals surface area contributed by atoms with Crippen molar-refractivity contribution < 1.29 is 4.79 Å². The molecule has 0 spiro atoms. The molecule has 2 rings (SSSR count). The average molecular weight is 237 g/mol. The Hall–Kier alpha value is -1.32. The van der Waals surface area contributed by atoms with Gasteiger partial charge in [0.05, 0.1) is 5.52 Å². The third-order valence-corrected chi connectivity index (χ3v) is 3.11. The van der Waals surface area contributed by atoms with Gasteiger partial charge in [-0.05, 0) is 31.2 Å². The van der Waals surface area contributed by atoms with Gasteiger partial charge in [-0.25, -0.2) is 0 Å². The molecule has 0 aliphatic carbocycles. The summed E-state index contributed by atoms with van der Waals surface area (Å²) in [5, 5.41) is 1.61. The number of hydrogen-bond donors (Lipinski definition) is 2. The van der Waals surface area contributed by atoms with E-state index in [-0.39, 0.29) is 5.78 Å². The van der Waals surface area contributed by atoms with Crippen LogP contribution < -0.4 is 5.73 Å². The largest absolute Gasteiger partial charge is 0.361 e. The van der Waals surface area contributed by atoms with E-state index in [9.17, 15) is 4.79 Å². The minimum absolute atomic E-state index is 0.0249. The minimum atomic E-state index is 0.0249. The van der Waals surface area contributed by atoms with Crippen LogP contribution >= 0.6 is 11.6 Å². The van der Waals surface area contributed by atoms with Gasteiger partial charge in [-0.3, -0.25) is 4.79 Å². The lowest BCUT2D eigenvalue weighted by molar-refractivity contribution is 0.0987. The van der Waals surface area contributed by atoms with Crippen LogP contribution in [0.25, 0.3) is 10.9 Å². The molecule has 0 aliphatic rings. The summed E-state index contributed by atoms with van der Waals surface area (Å²) in [7, 11) is 0. The zero-order chi connectivity index (χ0) is 11.7. The maximum atomic E-state index is 11.9. The molecule has 0 aliphatic heterocycles. The highest BCUT2D eigenvalue weighted by Crippen LogP contribution is 2.28. The maximum Gasteiger partial charge on any atom is 0.166 e. The van der Waals surface area contributed by atoms with Crippen molar-refractivity contribution in [1.82, 2.24) is 4.98 Å². The van der Waals surface area contributed by atoms with E-state index in [1.165, 1.54) is 0 Å². The predicted octanol–water partition coefficient (Wildman–Crippen LogP) is 2.66. The van der Waals surface area contributed by atoms with Crippen molar-refractivity contribution in [2.24, 2.45) is 5.73 Å². The van der Waals surface area contributed by atoms with Gasteiger partial charge < -0.3 is 10.7 Å². The fourth-order valence-electron chi connectivity index (χ4n) is 1.83. The monoisotopic (exact) mass is 236 g/mol. The topological polar surface area (TPSA) is 58.9 Å². The van der Waals surface area contributed by atoms with Crippen molar-refractivity contribution in [1.29, 1.82) is 0 Å². The first-order valence-corrected chi connectivity index (χ1v) is 5.52. The van der Waals surface area contributed by atoms with E-state index in [0.717, 1.165) is 16.5 Å². The Morgan fingerprint density at radius 3 is 3.00 bits per heavy atom. The normalized spacial score (nSPS) is 10.9. The third-order valence-electron chi connectivity index (χ3n) is 2.72. The van der Waals surface area contributed by atoms with Crippen LogP contribution in [0.2, 0.25) is 5.02 Å². The van der Waals surface area contributed by atoms with Gasteiger partial charge in [-0.15, -0.1) is 0 Å². The van der Waals surface area contributed by atoms with Crippen LogP contribution in [0.3, 0.4) is 0 Å². The highest BCUT2D eigenvalue weighted by molar-refractivity contribution is 6.33. The Kier molecular flexibility index (Phi) is 2.99. The number of nitrogens with one attached hydrogen (secondary N) is 1.